The summed E-state index contributed by atoms with van der Waals surface area (Å²) in [7, 11) is 3.17. The standard InChI is InChI=1S/C18H23N3O4S/c1-23-13-7-8-14(15(11-13)24-2)17-19-20-18(25-17)26-12-16(22)21-9-5-3-4-6-10-21/h7-8,11H,3-6,9-10,12H2,1-2H3. The number of nitrogens with zero attached hydrogens (tertiary/aromatic N) is 3. The van der Waals surface area contributed by atoms with Gasteiger partial charge in [-0.25, -0.2) is 0 Å². The van der Waals surface area contributed by atoms with Gasteiger partial charge in [0.15, 0.2) is 0 Å². The van der Waals surface area contributed by atoms with E-state index in [0.717, 1.165) is 25.9 Å². The number of aromatic nitrogens is 2. The highest BCUT2D eigenvalue weighted by molar-refractivity contribution is 7.99. The predicted molar refractivity (Wildman–Crippen MR) is 98.6 cm³/mol. The van der Waals surface area contributed by atoms with Crippen LogP contribution in [0, 0.1) is 0 Å². The summed E-state index contributed by atoms with van der Waals surface area (Å²) in [6.45, 7) is 1.69. The highest BCUT2D eigenvalue weighted by Gasteiger charge is 2.18. The van der Waals surface area contributed by atoms with Crippen molar-refractivity contribution in [1.29, 1.82) is 0 Å². The molecular weight excluding hydrogens is 354 g/mol. The van der Waals surface area contributed by atoms with Gasteiger partial charge in [0.1, 0.15) is 11.5 Å². The number of likely N-dealkylation sites (tertiary alicyclic amines) is 1. The lowest BCUT2D eigenvalue weighted by molar-refractivity contribution is -0.128. The fourth-order valence-electron chi connectivity index (χ4n) is 2.89. The van der Waals surface area contributed by atoms with E-state index in [0.29, 0.717) is 33.9 Å². The Kier molecular flexibility index (Phi) is 6.38. The molecule has 0 saturated carbocycles. The number of thioether (sulfide) groups is 1. The maximum Gasteiger partial charge on any atom is 0.277 e. The fraction of sp³-hybridized carbons (Fsp3) is 0.500. The summed E-state index contributed by atoms with van der Waals surface area (Å²) in [5.74, 6) is 2.06. The second-order valence-electron chi connectivity index (χ2n) is 6.02. The second kappa shape index (κ2) is 8.93. The molecule has 2 aromatic rings. The molecule has 1 saturated heterocycles. The first-order chi connectivity index (χ1) is 12.7. The van der Waals surface area contributed by atoms with Crippen molar-refractivity contribution in [3.8, 4) is 23.0 Å². The number of rotatable bonds is 6. The van der Waals surface area contributed by atoms with E-state index < -0.39 is 0 Å². The summed E-state index contributed by atoms with van der Waals surface area (Å²) in [5, 5.41) is 8.48. The van der Waals surface area contributed by atoms with Crippen LogP contribution >= 0.6 is 11.8 Å². The van der Waals surface area contributed by atoms with Gasteiger partial charge >= 0.3 is 0 Å². The van der Waals surface area contributed by atoms with Gasteiger partial charge in [-0.3, -0.25) is 4.79 Å². The van der Waals surface area contributed by atoms with Crippen molar-refractivity contribution in [2.24, 2.45) is 0 Å². The van der Waals surface area contributed by atoms with E-state index in [9.17, 15) is 4.79 Å². The topological polar surface area (TPSA) is 77.7 Å². The van der Waals surface area contributed by atoms with Crippen LogP contribution in [0.4, 0.5) is 0 Å². The first-order valence-corrected chi connectivity index (χ1v) is 9.66. The van der Waals surface area contributed by atoms with Crippen LogP contribution in [0.1, 0.15) is 25.7 Å². The van der Waals surface area contributed by atoms with E-state index in [1.54, 1.807) is 26.4 Å². The van der Waals surface area contributed by atoms with Crippen LogP contribution in [0.2, 0.25) is 0 Å². The average molecular weight is 377 g/mol. The summed E-state index contributed by atoms with van der Waals surface area (Å²) in [6.07, 6.45) is 4.57. The van der Waals surface area contributed by atoms with Gasteiger partial charge < -0.3 is 18.8 Å². The van der Waals surface area contributed by atoms with E-state index in [2.05, 4.69) is 10.2 Å². The zero-order valence-electron chi connectivity index (χ0n) is 15.1. The molecule has 8 heteroatoms. The third-order valence-electron chi connectivity index (χ3n) is 4.32. The number of hydrogen-bond donors (Lipinski definition) is 0. The zero-order valence-corrected chi connectivity index (χ0v) is 15.9. The molecule has 0 radical (unpaired) electrons. The normalized spacial score (nSPS) is 14.8. The number of methoxy groups -OCH3 is 2. The largest absolute Gasteiger partial charge is 0.497 e. The SMILES string of the molecule is COc1ccc(-c2nnc(SCC(=O)N3CCCCCC3)o2)c(OC)c1. The Hall–Kier alpha value is -2.22. The highest BCUT2D eigenvalue weighted by Crippen LogP contribution is 2.33. The van der Waals surface area contributed by atoms with E-state index in [4.69, 9.17) is 13.9 Å². The molecule has 0 bridgehead atoms. The number of benzene rings is 1. The van der Waals surface area contributed by atoms with E-state index in [-0.39, 0.29) is 5.91 Å². The van der Waals surface area contributed by atoms with E-state index >= 15 is 0 Å². The van der Waals surface area contributed by atoms with Crippen LogP contribution in [0.3, 0.4) is 0 Å². The lowest BCUT2D eigenvalue weighted by atomic mass is 10.2. The minimum Gasteiger partial charge on any atom is -0.497 e. The minimum atomic E-state index is 0.124. The molecule has 0 atom stereocenters. The Bertz CT molecular complexity index is 742. The zero-order chi connectivity index (χ0) is 18.4. The van der Waals surface area contributed by atoms with Gasteiger partial charge in [0.2, 0.25) is 5.91 Å². The molecule has 0 spiro atoms. The maximum absolute atomic E-state index is 12.4. The Morgan fingerprint density at radius 3 is 2.62 bits per heavy atom. The van der Waals surface area contributed by atoms with Gasteiger partial charge in [0.25, 0.3) is 11.1 Å². The Balaban J connectivity index is 1.64. The van der Waals surface area contributed by atoms with Crippen molar-refractivity contribution in [3.05, 3.63) is 18.2 Å². The fourth-order valence-corrected chi connectivity index (χ4v) is 3.55. The first kappa shape index (κ1) is 18.6. The molecule has 1 aliphatic heterocycles. The maximum atomic E-state index is 12.4. The van der Waals surface area contributed by atoms with Gasteiger partial charge in [-0.05, 0) is 25.0 Å². The lowest BCUT2D eigenvalue weighted by Gasteiger charge is -2.19. The Labute approximate surface area is 157 Å². The van der Waals surface area contributed by atoms with E-state index in [1.165, 1.54) is 24.6 Å². The van der Waals surface area contributed by atoms with E-state index in [1.807, 2.05) is 11.0 Å². The molecule has 1 aliphatic rings. The first-order valence-electron chi connectivity index (χ1n) is 8.67. The van der Waals surface area contributed by atoms with Crippen LogP contribution in [0.5, 0.6) is 11.5 Å². The molecule has 2 heterocycles. The van der Waals surface area contributed by atoms with Crippen molar-refractivity contribution in [2.75, 3.05) is 33.1 Å². The molecule has 26 heavy (non-hydrogen) atoms. The molecule has 0 aliphatic carbocycles. The molecule has 1 fully saturated rings. The van der Waals surface area contributed by atoms with Crippen LogP contribution < -0.4 is 9.47 Å². The Morgan fingerprint density at radius 1 is 1.15 bits per heavy atom. The quantitative estimate of drug-likeness (QED) is 0.715. The number of ether oxygens (including phenoxy) is 2. The van der Waals surface area contributed by atoms with Crippen molar-refractivity contribution in [2.45, 2.75) is 30.9 Å². The molecule has 1 aromatic carbocycles. The minimum absolute atomic E-state index is 0.124. The van der Waals surface area contributed by atoms with Crippen molar-refractivity contribution in [3.63, 3.8) is 0 Å². The molecular formula is C18H23N3O4S. The third kappa shape index (κ3) is 4.49. The lowest BCUT2D eigenvalue weighted by Crippen LogP contribution is -2.33. The molecule has 3 rings (SSSR count). The van der Waals surface area contributed by atoms with Crippen LogP contribution in [-0.4, -0.2) is 54.1 Å². The van der Waals surface area contributed by atoms with Crippen LogP contribution in [-0.2, 0) is 4.79 Å². The molecule has 0 unspecified atom stereocenters. The van der Waals surface area contributed by atoms with Gasteiger partial charge in [-0.1, -0.05) is 24.6 Å². The average Bonchev–Trinajstić information content (AvgIpc) is 2.97. The van der Waals surface area contributed by atoms with Crippen LogP contribution in [0.25, 0.3) is 11.5 Å². The number of amides is 1. The van der Waals surface area contributed by atoms with Crippen LogP contribution in [0.15, 0.2) is 27.8 Å². The summed E-state index contributed by atoms with van der Waals surface area (Å²) < 4.78 is 16.3. The van der Waals surface area contributed by atoms with Gasteiger partial charge in [0, 0.05) is 19.2 Å². The smallest absolute Gasteiger partial charge is 0.277 e. The monoisotopic (exact) mass is 377 g/mol. The number of hydrogen-bond acceptors (Lipinski definition) is 7. The summed E-state index contributed by atoms with van der Waals surface area (Å²) in [4.78, 5) is 14.3. The van der Waals surface area contributed by atoms with Gasteiger partial charge in [-0.15, -0.1) is 10.2 Å². The van der Waals surface area contributed by atoms with Crippen molar-refractivity contribution >= 4 is 17.7 Å². The molecule has 140 valence electrons. The summed E-state index contributed by atoms with van der Waals surface area (Å²) >= 11 is 1.27. The Morgan fingerprint density at radius 2 is 1.92 bits per heavy atom. The summed E-state index contributed by atoms with van der Waals surface area (Å²) in [6, 6.07) is 5.37. The second-order valence-corrected chi connectivity index (χ2v) is 6.95. The van der Waals surface area contributed by atoms with Crippen molar-refractivity contribution < 1.29 is 18.7 Å². The number of carbonyl (C=O) groups excluding carboxylic acids is 1. The molecule has 0 N–H and O–H groups in total. The molecule has 1 amide bonds. The number of carbonyl (C=O) groups is 1. The predicted octanol–water partition coefficient (Wildman–Crippen LogP) is 3.25. The third-order valence-corrected chi connectivity index (χ3v) is 5.13. The molecule has 1 aromatic heterocycles. The van der Waals surface area contributed by atoms with Gasteiger partial charge in [0.05, 0.1) is 25.5 Å². The van der Waals surface area contributed by atoms with Crippen molar-refractivity contribution in [1.82, 2.24) is 15.1 Å². The molecule has 7 nitrogen and oxygen atoms in total. The highest BCUT2D eigenvalue weighted by atomic mass is 32.2. The summed E-state index contributed by atoms with van der Waals surface area (Å²) in [5.41, 5.74) is 0.687. The van der Waals surface area contributed by atoms with Gasteiger partial charge in [-0.2, -0.15) is 0 Å².